The van der Waals surface area contributed by atoms with E-state index in [2.05, 4.69) is 24.0 Å². The molecule has 0 atom stereocenters. The molecule has 0 spiro atoms. The van der Waals surface area contributed by atoms with Gasteiger partial charge in [0.1, 0.15) is 24.2 Å². The molecule has 2 aromatic rings. The predicted octanol–water partition coefficient (Wildman–Crippen LogP) is 5.03. The van der Waals surface area contributed by atoms with E-state index in [9.17, 15) is 4.79 Å². The second kappa shape index (κ2) is 9.20. The Kier molecular flexibility index (Phi) is 6.39. The lowest BCUT2D eigenvalue weighted by atomic mass is 9.85. The lowest BCUT2D eigenvalue weighted by molar-refractivity contribution is -0.0292. The van der Waals surface area contributed by atoms with Gasteiger partial charge in [-0.2, -0.15) is 0 Å². The Hall–Kier alpha value is -2.70. The van der Waals surface area contributed by atoms with Crippen molar-refractivity contribution in [1.82, 2.24) is 4.90 Å². The van der Waals surface area contributed by atoms with Crippen molar-refractivity contribution in [3.05, 3.63) is 63.7 Å². The summed E-state index contributed by atoms with van der Waals surface area (Å²) in [5.74, 6) is 1.55. The molecule has 1 aliphatic carbocycles. The van der Waals surface area contributed by atoms with Gasteiger partial charge in [-0.25, -0.2) is 4.79 Å². The maximum absolute atomic E-state index is 10.6. The van der Waals surface area contributed by atoms with E-state index in [0.717, 1.165) is 36.4 Å². The number of nitrogens with zero attached hydrogens (tertiary/aromatic N) is 1. The fraction of sp³-hybridized carbons (Fsp3) is 0.375. The van der Waals surface area contributed by atoms with Crippen LogP contribution < -0.4 is 9.47 Å². The summed E-state index contributed by atoms with van der Waals surface area (Å²) < 4.78 is 16.2. The predicted molar refractivity (Wildman–Crippen MR) is 119 cm³/mol. The molecule has 0 aromatic heterocycles. The number of hydrogen-bond donors (Lipinski definition) is 1. The third-order valence-corrected chi connectivity index (χ3v) is 6.19. The summed E-state index contributed by atoms with van der Waals surface area (Å²) in [6.07, 6.45) is 0.563. The van der Waals surface area contributed by atoms with Gasteiger partial charge in [-0.15, -0.1) is 0 Å². The van der Waals surface area contributed by atoms with Gasteiger partial charge < -0.3 is 19.3 Å². The molecule has 4 rings (SSSR count). The minimum atomic E-state index is -1.20. The zero-order chi connectivity index (χ0) is 22.0. The lowest BCUT2D eigenvalue weighted by Gasteiger charge is -2.39. The van der Waals surface area contributed by atoms with Gasteiger partial charge in [0.05, 0.1) is 7.11 Å². The van der Waals surface area contributed by atoms with Gasteiger partial charge in [-0.3, -0.25) is 4.90 Å². The lowest BCUT2D eigenvalue weighted by Crippen LogP contribution is -2.53. The Morgan fingerprint density at radius 3 is 2.74 bits per heavy atom. The van der Waals surface area contributed by atoms with Crippen LogP contribution in [0.2, 0.25) is 5.02 Å². The van der Waals surface area contributed by atoms with Crippen LogP contribution in [0.4, 0.5) is 4.79 Å². The average molecular weight is 444 g/mol. The molecule has 1 N–H and O–H groups in total. The molecule has 0 amide bonds. The molecular weight excluding hydrogens is 418 g/mol. The summed E-state index contributed by atoms with van der Waals surface area (Å²) in [4.78, 5) is 12.8. The third-order valence-electron chi connectivity index (χ3n) is 5.96. The Morgan fingerprint density at radius 2 is 2.00 bits per heavy atom. The summed E-state index contributed by atoms with van der Waals surface area (Å²) in [7, 11) is 1.63. The molecule has 2 aromatic carbocycles. The van der Waals surface area contributed by atoms with Crippen molar-refractivity contribution in [2.45, 2.75) is 32.5 Å². The number of benzene rings is 2. The number of fused-ring (bicyclic) bond motifs is 1. The van der Waals surface area contributed by atoms with Crippen LogP contribution in [0, 0.1) is 0 Å². The van der Waals surface area contributed by atoms with E-state index < -0.39 is 6.16 Å². The molecular formula is C24H26ClNO5. The molecule has 0 saturated carbocycles. The van der Waals surface area contributed by atoms with E-state index in [-0.39, 0.29) is 6.10 Å². The van der Waals surface area contributed by atoms with Crippen molar-refractivity contribution in [2.24, 2.45) is 0 Å². The van der Waals surface area contributed by atoms with Crippen molar-refractivity contribution in [3.63, 3.8) is 0 Å². The average Bonchev–Trinajstić information content (AvgIpc) is 2.72. The van der Waals surface area contributed by atoms with E-state index >= 15 is 0 Å². The molecule has 2 aliphatic rings. The highest BCUT2D eigenvalue weighted by molar-refractivity contribution is 6.30. The van der Waals surface area contributed by atoms with E-state index in [1.165, 1.54) is 22.3 Å². The van der Waals surface area contributed by atoms with Crippen LogP contribution in [0.25, 0.3) is 5.57 Å². The van der Waals surface area contributed by atoms with Gasteiger partial charge in [0.15, 0.2) is 0 Å². The molecule has 1 heterocycles. The van der Waals surface area contributed by atoms with Crippen molar-refractivity contribution in [2.75, 3.05) is 26.7 Å². The quantitative estimate of drug-likeness (QED) is 0.605. The van der Waals surface area contributed by atoms with Crippen molar-refractivity contribution in [1.29, 1.82) is 0 Å². The molecule has 0 unspecified atom stereocenters. The summed E-state index contributed by atoms with van der Waals surface area (Å²) in [5, 5.41) is 9.33. The smallest absolute Gasteiger partial charge is 0.496 e. The number of rotatable bonds is 7. The number of ether oxygens (including phenoxy) is 3. The van der Waals surface area contributed by atoms with Crippen LogP contribution in [-0.4, -0.2) is 49.0 Å². The standard InChI is InChI=1S/C24H26ClNO5/c1-15-17(11-26-12-21(13-26)31-24(27)28)4-3-16-9-20(7-8-22(15)16)30-14-18-5-6-19(25)10-23(18)29-2/h5-10,21H,3-4,11-14H2,1-2H3,(H,27,28). The fourth-order valence-corrected chi connectivity index (χ4v) is 4.39. The zero-order valence-corrected chi connectivity index (χ0v) is 18.4. The molecule has 0 radical (unpaired) electrons. The van der Waals surface area contributed by atoms with Gasteiger partial charge in [0, 0.05) is 30.2 Å². The molecule has 6 nitrogen and oxygen atoms in total. The van der Waals surface area contributed by atoms with E-state index in [4.69, 9.17) is 30.9 Å². The molecule has 164 valence electrons. The zero-order valence-electron chi connectivity index (χ0n) is 17.7. The van der Waals surface area contributed by atoms with Gasteiger partial charge >= 0.3 is 6.16 Å². The van der Waals surface area contributed by atoms with Gasteiger partial charge in [-0.05, 0) is 60.7 Å². The molecule has 1 aliphatic heterocycles. The van der Waals surface area contributed by atoms with Crippen LogP contribution in [0.1, 0.15) is 30.0 Å². The van der Waals surface area contributed by atoms with Gasteiger partial charge in [0.2, 0.25) is 0 Å². The van der Waals surface area contributed by atoms with Gasteiger partial charge in [-0.1, -0.05) is 29.3 Å². The van der Waals surface area contributed by atoms with Gasteiger partial charge in [0.25, 0.3) is 0 Å². The Bertz CT molecular complexity index is 1010. The number of hydrogen-bond acceptors (Lipinski definition) is 5. The fourth-order valence-electron chi connectivity index (χ4n) is 4.23. The largest absolute Gasteiger partial charge is 0.506 e. The van der Waals surface area contributed by atoms with E-state index in [1.54, 1.807) is 13.2 Å². The monoisotopic (exact) mass is 443 g/mol. The molecule has 7 heteroatoms. The van der Waals surface area contributed by atoms with Crippen LogP contribution >= 0.6 is 11.6 Å². The van der Waals surface area contributed by atoms with Crippen molar-refractivity contribution < 1.29 is 24.1 Å². The second-order valence-corrected chi connectivity index (χ2v) is 8.43. The number of aryl methyl sites for hydroxylation is 1. The van der Waals surface area contributed by atoms with Crippen molar-refractivity contribution in [3.8, 4) is 11.5 Å². The molecule has 0 bridgehead atoms. The first-order valence-corrected chi connectivity index (χ1v) is 10.7. The number of methoxy groups -OCH3 is 1. The first-order valence-electron chi connectivity index (χ1n) is 10.3. The second-order valence-electron chi connectivity index (χ2n) is 7.99. The Morgan fingerprint density at radius 1 is 1.19 bits per heavy atom. The number of halogens is 1. The SMILES string of the molecule is COc1cc(Cl)ccc1COc1ccc2c(c1)CCC(CN1CC(OC(=O)O)C1)=C2C. The Labute approximate surface area is 187 Å². The number of allylic oxidation sites excluding steroid dienone is 1. The Balaban J connectivity index is 1.39. The topological polar surface area (TPSA) is 68.2 Å². The number of carbonyl (C=O) groups is 1. The summed E-state index contributed by atoms with van der Waals surface area (Å²) in [6, 6.07) is 11.8. The third kappa shape index (κ3) is 4.97. The van der Waals surface area contributed by atoms with Crippen LogP contribution in [0.3, 0.4) is 0 Å². The summed E-state index contributed by atoms with van der Waals surface area (Å²) >= 11 is 6.03. The highest BCUT2D eigenvalue weighted by atomic mass is 35.5. The summed E-state index contributed by atoms with van der Waals surface area (Å²) in [5.41, 5.74) is 6.20. The molecule has 31 heavy (non-hydrogen) atoms. The van der Waals surface area contributed by atoms with Crippen LogP contribution in [-0.2, 0) is 17.8 Å². The van der Waals surface area contributed by atoms with E-state index in [1.807, 2.05) is 18.2 Å². The van der Waals surface area contributed by atoms with E-state index in [0.29, 0.717) is 24.7 Å². The first kappa shape index (κ1) is 21.5. The normalized spacial score (nSPS) is 16.5. The number of carboxylic acid groups (broad SMARTS) is 1. The van der Waals surface area contributed by atoms with Crippen LogP contribution in [0.5, 0.6) is 11.5 Å². The molecule has 1 fully saturated rings. The minimum Gasteiger partial charge on any atom is -0.496 e. The maximum Gasteiger partial charge on any atom is 0.506 e. The number of likely N-dealkylation sites (tertiary alicyclic amines) is 1. The van der Waals surface area contributed by atoms with Crippen LogP contribution in [0.15, 0.2) is 42.0 Å². The van der Waals surface area contributed by atoms with Crippen molar-refractivity contribution >= 4 is 23.3 Å². The maximum atomic E-state index is 10.6. The molecule has 1 saturated heterocycles. The highest BCUT2D eigenvalue weighted by Crippen LogP contribution is 2.35. The summed E-state index contributed by atoms with van der Waals surface area (Å²) in [6.45, 7) is 4.76. The highest BCUT2D eigenvalue weighted by Gasteiger charge is 2.31. The minimum absolute atomic E-state index is 0.201. The first-order chi connectivity index (χ1) is 14.9.